The second kappa shape index (κ2) is 4.18. The van der Waals surface area contributed by atoms with Gasteiger partial charge in [-0.3, -0.25) is 0 Å². The Kier molecular flexibility index (Phi) is 2.88. The van der Waals surface area contributed by atoms with E-state index in [2.05, 4.69) is 19.1 Å². The van der Waals surface area contributed by atoms with Gasteiger partial charge in [-0.25, -0.2) is 0 Å². The van der Waals surface area contributed by atoms with E-state index in [1.807, 2.05) is 19.1 Å². The number of hydrogen-bond donors (Lipinski definition) is 1. The molecule has 0 unspecified atom stereocenters. The predicted molar refractivity (Wildman–Crippen MR) is 70.2 cm³/mol. The lowest BCUT2D eigenvalue weighted by molar-refractivity contribution is 0.412. The van der Waals surface area contributed by atoms with Crippen molar-refractivity contribution in [3.63, 3.8) is 0 Å². The van der Waals surface area contributed by atoms with Gasteiger partial charge in [-0.1, -0.05) is 6.07 Å². The molecule has 0 aliphatic heterocycles. The van der Waals surface area contributed by atoms with Crippen LogP contribution >= 0.6 is 11.3 Å². The van der Waals surface area contributed by atoms with Gasteiger partial charge in [0.2, 0.25) is 0 Å². The van der Waals surface area contributed by atoms with E-state index in [1.54, 1.807) is 18.4 Å². The van der Waals surface area contributed by atoms with Gasteiger partial charge >= 0.3 is 0 Å². The van der Waals surface area contributed by atoms with Crippen LogP contribution in [0.3, 0.4) is 0 Å². The van der Waals surface area contributed by atoms with Crippen LogP contribution in [-0.4, -0.2) is 7.11 Å². The molecule has 16 heavy (non-hydrogen) atoms. The summed E-state index contributed by atoms with van der Waals surface area (Å²) in [5, 5.41) is 0.877. The van der Waals surface area contributed by atoms with Gasteiger partial charge < -0.3 is 10.5 Å². The number of anilines is 1. The molecule has 0 bridgehead atoms. The first-order valence-corrected chi connectivity index (χ1v) is 5.94. The molecule has 2 N–H and O–H groups in total. The van der Waals surface area contributed by atoms with Gasteiger partial charge in [0.05, 0.1) is 12.1 Å². The topological polar surface area (TPSA) is 35.2 Å². The highest BCUT2D eigenvalue weighted by atomic mass is 32.1. The standard InChI is InChI=1S/C13H15NOS/c1-8-6-10(4-5-12(8)15-3)11-7-9(2)16-13(11)14/h4-7H,14H2,1-3H3. The molecule has 1 aromatic carbocycles. The number of benzene rings is 1. The summed E-state index contributed by atoms with van der Waals surface area (Å²) in [6.45, 7) is 4.11. The van der Waals surface area contributed by atoms with Crippen molar-refractivity contribution in [3.05, 3.63) is 34.7 Å². The van der Waals surface area contributed by atoms with Gasteiger partial charge in [0.25, 0.3) is 0 Å². The zero-order valence-electron chi connectivity index (χ0n) is 9.70. The van der Waals surface area contributed by atoms with Crippen LogP contribution < -0.4 is 10.5 Å². The molecule has 0 fully saturated rings. The van der Waals surface area contributed by atoms with Crippen LogP contribution in [0.25, 0.3) is 11.1 Å². The average molecular weight is 233 g/mol. The third kappa shape index (κ3) is 1.91. The van der Waals surface area contributed by atoms with Crippen LogP contribution in [0.5, 0.6) is 5.75 Å². The summed E-state index contributed by atoms with van der Waals surface area (Å²) in [5.74, 6) is 0.911. The highest BCUT2D eigenvalue weighted by Gasteiger charge is 2.08. The largest absolute Gasteiger partial charge is 0.496 e. The zero-order chi connectivity index (χ0) is 11.7. The molecule has 0 aliphatic carbocycles. The summed E-state index contributed by atoms with van der Waals surface area (Å²) in [6.07, 6.45) is 0. The molecule has 84 valence electrons. The summed E-state index contributed by atoms with van der Waals surface area (Å²) in [4.78, 5) is 1.24. The Bertz CT molecular complexity index is 517. The molecule has 2 aromatic rings. The minimum Gasteiger partial charge on any atom is -0.496 e. The molecule has 0 amide bonds. The predicted octanol–water partition coefficient (Wildman–Crippen LogP) is 3.62. The van der Waals surface area contributed by atoms with Gasteiger partial charge in [-0.05, 0) is 43.2 Å². The highest BCUT2D eigenvalue weighted by Crippen LogP contribution is 2.35. The summed E-state index contributed by atoms with van der Waals surface area (Å²) in [6, 6.07) is 8.26. The SMILES string of the molecule is COc1ccc(-c2cc(C)sc2N)cc1C. The molecule has 2 nitrogen and oxygen atoms in total. The van der Waals surface area contributed by atoms with Gasteiger partial charge in [0.15, 0.2) is 0 Å². The smallest absolute Gasteiger partial charge is 0.121 e. The maximum absolute atomic E-state index is 5.98. The zero-order valence-corrected chi connectivity index (χ0v) is 10.5. The van der Waals surface area contributed by atoms with Crippen LogP contribution in [0.1, 0.15) is 10.4 Å². The van der Waals surface area contributed by atoms with Crippen LogP contribution in [0.4, 0.5) is 5.00 Å². The summed E-state index contributed by atoms with van der Waals surface area (Å²) in [7, 11) is 1.69. The molecule has 0 saturated carbocycles. The summed E-state index contributed by atoms with van der Waals surface area (Å²) in [5.41, 5.74) is 9.38. The molecule has 0 saturated heterocycles. The number of methoxy groups -OCH3 is 1. The van der Waals surface area contributed by atoms with Crippen molar-refractivity contribution in [1.82, 2.24) is 0 Å². The number of nitrogen functional groups attached to an aromatic ring is 1. The van der Waals surface area contributed by atoms with Gasteiger partial charge in [-0.15, -0.1) is 11.3 Å². The average Bonchev–Trinajstić information content (AvgIpc) is 2.58. The molecular formula is C13H15NOS. The minimum absolute atomic E-state index is 0.877. The lowest BCUT2D eigenvalue weighted by Gasteiger charge is -2.06. The van der Waals surface area contributed by atoms with Crippen molar-refractivity contribution < 1.29 is 4.74 Å². The molecule has 1 heterocycles. The number of hydrogen-bond acceptors (Lipinski definition) is 3. The van der Waals surface area contributed by atoms with Crippen LogP contribution in [0, 0.1) is 13.8 Å². The third-order valence-corrected chi connectivity index (χ3v) is 3.47. The normalized spacial score (nSPS) is 10.4. The number of rotatable bonds is 2. The Hall–Kier alpha value is -1.48. The van der Waals surface area contributed by atoms with Gasteiger partial charge in [-0.2, -0.15) is 0 Å². The lowest BCUT2D eigenvalue weighted by atomic mass is 10.0. The van der Waals surface area contributed by atoms with E-state index in [9.17, 15) is 0 Å². The Balaban J connectivity index is 2.49. The molecule has 1 aromatic heterocycles. The van der Waals surface area contributed by atoms with E-state index < -0.39 is 0 Å². The molecular weight excluding hydrogens is 218 g/mol. The van der Waals surface area contributed by atoms with Crippen molar-refractivity contribution >= 4 is 16.3 Å². The van der Waals surface area contributed by atoms with Crippen molar-refractivity contribution in [1.29, 1.82) is 0 Å². The van der Waals surface area contributed by atoms with E-state index in [0.717, 1.165) is 27.4 Å². The lowest BCUT2D eigenvalue weighted by Crippen LogP contribution is -1.88. The van der Waals surface area contributed by atoms with Crippen LogP contribution in [-0.2, 0) is 0 Å². The molecule has 0 radical (unpaired) electrons. The fourth-order valence-electron chi connectivity index (χ4n) is 1.80. The van der Waals surface area contributed by atoms with E-state index in [1.165, 1.54) is 4.88 Å². The van der Waals surface area contributed by atoms with E-state index in [0.29, 0.717) is 0 Å². The van der Waals surface area contributed by atoms with Crippen molar-refractivity contribution in [2.75, 3.05) is 12.8 Å². The van der Waals surface area contributed by atoms with E-state index >= 15 is 0 Å². The number of thiophene rings is 1. The first-order valence-electron chi connectivity index (χ1n) is 5.12. The molecule has 0 aliphatic rings. The Morgan fingerprint density at radius 1 is 1.19 bits per heavy atom. The Labute approximate surface area is 99.7 Å². The first kappa shape index (κ1) is 11.0. The minimum atomic E-state index is 0.877. The number of ether oxygens (including phenoxy) is 1. The summed E-state index contributed by atoms with van der Waals surface area (Å²) >= 11 is 1.63. The maximum Gasteiger partial charge on any atom is 0.121 e. The monoisotopic (exact) mass is 233 g/mol. The Morgan fingerprint density at radius 2 is 1.94 bits per heavy atom. The van der Waals surface area contributed by atoms with Crippen molar-refractivity contribution in [2.45, 2.75) is 13.8 Å². The second-order valence-corrected chi connectivity index (χ2v) is 5.11. The number of nitrogens with two attached hydrogens (primary N) is 1. The third-order valence-electron chi connectivity index (χ3n) is 2.59. The van der Waals surface area contributed by atoms with Gasteiger partial charge in [0, 0.05) is 10.4 Å². The van der Waals surface area contributed by atoms with E-state index in [-0.39, 0.29) is 0 Å². The van der Waals surface area contributed by atoms with E-state index in [4.69, 9.17) is 10.5 Å². The fraction of sp³-hybridized carbons (Fsp3) is 0.231. The Morgan fingerprint density at radius 3 is 2.44 bits per heavy atom. The molecule has 0 spiro atoms. The van der Waals surface area contributed by atoms with Crippen molar-refractivity contribution in [3.8, 4) is 16.9 Å². The maximum atomic E-state index is 5.98. The quantitative estimate of drug-likeness (QED) is 0.859. The van der Waals surface area contributed by atoms with Crippen LogP contribution in [0.15, 0.2) is 24.3 Å². The molecule has 2 rings (SSSR count). The summed E-state index contributed by atoms with van der Waals surface area (Å²) < 4.78 is 5.24. The first-order chi connectivity index (χ1) is 7.61. The highest BCUT2D eigenvalue weighted by molar-refractivity contribution is 7.16. The fourth-order valence-corrected chi connectivity index (χ4v) is 2.61. The number of aryl methyl sites for hydroxylation is 2. The van der Waals surface area contributed by atoms with Gasteiger partial charge in [0.1, 0.15) is 5.75 Å². The van der Waals surface area contributed by atoms with Crippen molar-refractivity contribution in [2.24, 2.45) is 0 Å². The molecule has 3 heteroatoms. The molecule has 0 atom stereocenters. The second-order valence-electron chi connectivity index (χ2n) is 3.82. The van der Waals surface area contributed by atoms with Crippen LogP contribution in [0.2, 0.25) is 0 Å².